The van der Waals surface area contributed by atoms with Crippen molar-refractivity contribution in [1.29, 1.82) is 0 Å². The van der Waals surface area contributed by atoms with Crippen LogP contribution in [0.3, 0.4) is 0 Å². The molecule has 1 heterocycles. The Bertz CT molecular complexity index is 621. The highest BCUT2D eigenvalue weighted by molar-refractivity contribution is 5.73. The van der Waals surface area contributed by atoms with Gasteiger partial charge in [-0.2, -0.15) is 0 Å². The van der Waals surface area contributed by atoms with E-state index < -0.39 is 54.5 Å². The summed E-state index contributed by atoms with van der Waals surface area (Å²) in [5.41, 5.74) is 0. The van der Waals surface area contributed by atoms with Crippen LogP contribution in [0.5, 0.6) is 0 Å². The molecule has 1 N–H and O–H groups in total. The first-order chi connectivity index (χ1) is 14.1. The van der Waals surface area contributed by atoms with Crippen LogP contribution in [0.25, 0.3) is 0 Å². The molecule has 0 aromatic carbocycles. The van der Waals surface area contributed by atoms with Gasteiger partial charge in [0.05, 0.1) is 0 Å². The third kappa shape index (κ3) is 8.91. The molecule has 0 aromatic rings. The lowest BCUT2D eigenvalue weighted by atomic mass is 9.96. The van der Waals surface area contributed by atoms with E-state index >= 15 is 0 Å². The van der Waals surface area contributed by atoms with Crippen LogP contribution in [0.1, 0.15) is 47.0 Å². The molecule has 1 aliphatic heterocycles. The normalized spacial score (nSPS) is 25.7. The van der Waals surface area contributed by atoms with Crippen molar-refractivity contribution in [1.82, 2.24) is 5.32 Å². The standard InChI is InChI=1S/C20H31NO9/c1-6-7-8-9-10-26-20-17(21-12(2)22)19(29-15(5)25)18(28-14(4)24)16(30-20)11-27-13(3)23/h6,16-20H,1,7-11H2,2-5H3,(H,21,22)/t16-,17-,18-,19-,20-/m1/s1. The third-order valence-corrected chi connectivity index (χ3v) is 4.16. The smallest absolute Gasteiger partial charge is 0.303 e. The van der Waals surface area contributed by atoms with Crippen LogP contribution in [0.15, 0.2) is 12.7 Å². The Morgan fingerprint density at radius 3 is 2.13 bits per heavy atom. The van der Waals surface area contributed by atoms with E-state index in [0.717, 1.165) is 12.8 Å². The van der Waals surface area contributed by atoms with Crippen molar-refractivity contribution in [2.45, 2.75) is 77.6 Å². The molecule has 1 fully saturated rings. The van der Waals surface area contributed by atoms with Crippen molar-refractivity contribution < 1.29 is 42.9 Å². The molecule has 5 atom stereocenters. The van der Waals surface area contributed by atoms with Crippen molar-refractivity contribution >= 4 is 23.8 Å². The number of amides is 1. The quantitative estimate of drug-likeness (QED) is 0.222. The van der Waals surface area contributed by atoms with E-state index in [1.165, 1.54) is 27.7 Å². The molecular weight excluding hydrogens is 398 g/mol. The number of nitrogens with one attached hydrogen (secondary N) is 1. The van der Waals surface area contributed by atoms with E-state index in [-0.39, 0.29) is 6.61 Å². The summed E-state index contributed by atoms with van der Waals surface area (Å²) in [6.07, 6.45) is -0.0397. The fraction of sp³-hybridized carbons (Fsp3) is 0.700. The Balaban J connectivity index is 3.14. The van der Waals surface area contributed by atoms with Crippen LogP contribution >= 0.6 is 0 Å². The first-order valence-electron chi connectivity index (χ1n) is 9.78. The van der Waals surface area contributed by atoms with Gasteiger partial charge in [0.15, 0.2) is 18.5 Å². The zero-order valence-corrected chi connectivity index (χ0v) is 17.9. The number of carbonyl (C=O) groups excluding carboxylic acids is 4. The Morgan fingerprint density at radius 2 is 1.60 bits per heavy atom. The Morgan fingerprint density at radius 1 is 0.967 bits per heavy atom. The summed E-state index contributed by atoms with van der Waals surface area (Å²) in [7, 11) is 0. The highest BCUT2D eigenvalue weighted by Crippen LogP contribution is 2.28. The highest BCUT2D eigenvalue weighted by Gasteiger charge is 2.51. The second-order valence-corrected chi connectivity index (χ2v) is 6.88. The van der Waals surface area contributed by atoms with Crippen LogP contribution in [0.4, 0.5) is 0 Å². The molecule has 10 nitrogen and oxygen atoms in total. The molecule has 0 aromatic heterocycles. The average molecular weight is 429 g/mol. The molecule has 1 aliphatic rings. The van der Waals surface area contributed by atoms with Crippen molar-refractivity contribution in [3.05, 3.63) is 12.7 Å². The van der Waals surface area contributed by atoms with Crippen LogP contribution in [0.2, 0.25) is 0 Å². The Kier molecular flexibility index (Phi) is 11.1. The van der Waals surface area contributed by atoms with Gasteiger partial charge in [0.1, 0.15) is 18.8 Å². The number of hydrogen-bond acceptors (Lipinski definition) is 9. The molecule has 0 saturated carbocycles. The molecular formula is C20H31NO9. The van der Waals surface area contributed by atoms with E-state index in [0.29, 0.717) is 13.0 Å². The lowest BCUT2D eigenvalue weighted by molar-refractivity contribution is -0.277. The first kappa shape index (κ1) is 25.6. The van der Waals surface area contributed by atoms with Gasteiger partial charge in [0.25, 0.3) is 0 Å². The maximum atomic E-state index is 11.8. The molecule has 0 spiro atoms. The van der Waals surface area contributed by atoms with Gasteiger partial charge < -0.3 is 29.0 Å². The predicted molar refractivity (Wildman–Crippen MR) is 104 cm³/mol. The number of allylic oxidation sites excluding steroid dienone is 1. The SMILES string of the molecule is C=CCCCCO[C@@H]1O[C@H](COC(C)=O)[C@@H](OC(C)=O)[C@H](OC(C)=O)[C@H]1NC(C)=O. The van der Waals surface area contributed by atoms with Crippen molar-refractivity contribution in [3.63, 3.8) is 0 Å². The minimum atomic E-state index is -1.12. The summed E-state index contributed by atoms with van der Waals surface area (Å²) >= 11 is 0. The fourth-order valence-electron chi connectivity index (χ4n) is 3.02. The van der Waals surface area contributed by atoms with E-state index in [1.54, 1.807) is 6.08 Å². The topological polar surface area (TPSA) is 126 Å². The van der Waals surface area contributed by atoms with Gasteiger partial charge in [-0.25, -0.2) is 0 Å². The molecule has 30 heavy (non-hydrogen) atoms. The molecule has 0 bridgehead atoms. The Hall–Kier alpha value is -2.46. The van der Waals surface area contributed by atoms with Gasteiger partial charge >= 0.3 is 17.9 Å². The summed E-state index contributed by atoms with van der Waals surface area (Å²) in [4.78, 5) is 46.4. The van der Waals surface area contributed by atoms with Crippen molar-refractivity contribution in [2.24, 2.45) is 0 Å². The lowest BCUT2D eigenvalue weighted by Gasteiger charge is -2.44. The van der Waals surface area contributed by atoms with Gasteiger partial charge in [-0.15, -0.1) is 6.58 Å². The van der Waals surface area contributed by atoms with Crippen molar-refractivity contribution in [3.8, 4) is 0 Å². The van der Waals surface area contributed by atoms with E-state index in [9.17, 15) is 19.2 Å². The second-order valence-electron chi connectivity index (χ2n) is 6.88. The summed E-state index contributed by atoms with van der Waals surface area (Å²) in [5.74, 6) is -2.28. The molecule has 0 radical (unpaired) electrons. The average Bonchev–Trinajstić information content (AvgIpc) is 2.63. The van der Waals surface area contributed by atoms with Gasteiger partial charge in [-0.1, -0.05) is 6.08 Å². The lowest BCUT2D eigenvalue weighted by Crippen LogP contribution is -2.66. The summed E-state index contributed by atoms with van der Waals surface area (Å²) < 4.78 is 27.4. The molecule has 170 valence electrons. The monoisotopic (exact) mass is 429 g/mol. The summed E-state index contributed by atoms with van der Waals surface area (Å²) in [5, 5.41) is 2.65. The number of carbonyl (C=O) groups is 4. The summed E-state index contributed by atoms with van der Waals surface area (Å²) in [6.45, 7) is 8.60. The number of esters is 3. The summed E-state index contributed by atoms with van der Waals surface area (Å²) in [6, 6.07) is -0.941. The number of ether oxygens (including phenoxy) is 5. The van der Waals surface area contributed by atoms with Crippen LogP contribution in [0, 0.1) is 0 Å². The molecule has 0 aliphatic carbocycles. The van der Waals surface area contributed by atoms with Crippen LogP contribution < -0.4 is 5.32 Å². The zero-order valence-electron chi connectivity index (χ0n) is 17.9. The van der Waals surface area contributed by atoms with Crippen LogP contribution in [-0.2, 0) is 42.9 Å². The molecule has 10 heteroatoms. The van der Waals surface area contributed by atoms with E-state index in [4.69, 9.17) is 23.7 Å². The second kappa shape index (κ2) is 13.0. The highest BCUT2D eigenvalue weighted by atomic mass is 16.7. The molecule has 0 unspecified atom stereocenters. The minimum Gasteiger partial charge on any atom is -0.463 e. The van der Waals surface area contributed by atoms with Gasteiger partial charge in [0, 0.05) is 34.3 Å². The molecule has 1 amide bonds. The van der Waals surface area contributed by atoms with Crippen molar-refractivity contribution in [2.75, 3.05) is 13.2 Å². The number of unbranched alkanes of at least 4 members (excludes halogenated alkanes) is 2. The first-order valence-corrected chi connectivity index (χ1v) is 9.78. The van der Waals surface area contributed by atoms with E-state index in [2.05, 4.69) is 11.9 Å². The molecule has 1 rings (SSSR count). The number of rotatable bonds is 11. The van der Waals surface area contributed by atoms with E-state index in [1.807, 2.05) is 0 Å². The van der Waals surface area contributed by atoms with Gasteiger partial charge in [-0.3, -0.25) is 19.2 Å². The maximum absolute atomic E-state index is 11.8. The third-order valence-electron chi connectivity index (χ3n) is 4.16. The minimum absolute atomic E-state index is 0.256. The van der Waals surface area contributed by atoms with Gasteiger partial charge in [-0.05, 0) is 19.3 Å². The largest absolute Gasteiger partial charge is 0.463 e. The zero-order chi connectivity index (χ0) is 22.7. The maximum Gasteiger partial charge on any atom is 0.303 e. The Labute approximate surface area is 176 Å². The predicted octanol–water partition coefficient (Wildman–Crippen LogP) is 1.02. The van der Waals surface area contributed by atoms with Gasteiger partial charge in [0.2, 0.25) is 5.91 Å². The number of hydrogen-bond donors (Lipinski definition) is 1. The fourth-order valence-corrected chi connectivity index (χ4v) is 3.02. The molecule has 1 saturated heterocycles. The van der Waals surface area contributed by atoms with Crippen LogP contribution in [-0.4, -0.2) is 67.7 Å².